The van der Waals surface area contributed by atoms with Gasteiger partial charge in [0.2, 0.25) is 5.91 Å². The molecule has 1 aliphatic rings. The van der Waals surface area contributed by atoms with Crippen molar-refractivity contribution in [3.05, 3.63) is 95.1 Å². The van der Waals surface area contributed by atoms with Crippen molar-refractivity contribution in [2.24, 2.45) is 0 Å². The zero-order valence-electron chi connectivity index (χ0n) is 19.8. The van der Waals surface area contributed by atoms with Gasteiger partial charge in [0, 0.05) is 24.7 Å². The molecule has 0 atom stereocenters. The van der Waals surface area contributed by atoms with Crippen LogP contribution in [0.5, 0.6) is 5.75 Å². The fourth-order valence-corrected chi connectivity index (χ4v) is 4.08. The SMILES string of the molecule is CC(=O)N(Cc1ccc2c(c1)CN(C(=O)NCCc1ccccc1)CCO2)c1ccc(C)cc1. The summed E-state index contributed by atoms with van der Waals surface area (Å²) in [5.74, 6) is 0.766. The minimum atomic E-state index is -0.0946. The predicted molar refractivity (Wildman–Crippen MR) is 134 cm³/mol. The summed E-state index contributed by atoms with van der Waals surface area (Å²) >= 11 is 0. The summed E-state index contributed by atoms with van der Waals surface area (Å²) in [4.78, 5) is 28.7. The van der Waals surface area contributed by atoms with Gasteiger partial charge < -0.3 is 19.9 Å². The summed E-state index contributed by atoms with van der Waals surface area (Å²) < 4.78 is 5.91. The van der Waals surface area contributed by atoms with Crippen LogP contribution in [0.2, 0.25) is 0 Å². The monoisotopic (exact) mass is 457 g/mol. The Kier molecular flexibility index (Phi) is 7.48. The number of benzene rings is 3. The van der Waals surface area contributed by atoms with E-state index in [4.69, 9.17) is 4.74 Å². The summed E-state index contributed by atoms with van der Waals surface area (Å²) in [5.41, 5.74) is 5.14. The van der Waals surface area contributed by atoms with E-state index in [0.717, 1.165) is 34.5 Å². The van der Waals surface area contributed by atoms with Gasteiger partial charge in [-0.05, 0) is 48.7 Å². The van der Waals surface area contributed by atoms with Gasteiger partial charge in [-0.25, -0.2) is 4.79 Å². The molecule has 0 saturated heterocycles. The van der Waals surface area contributed by atoms with Gasteiger partial charge in [-0.3, -0.25) is 4.79 Å². The fraction of sp³-hybridized carbons (Fsp3) is 0.286. The van der Waals surface area contributed by atoms with Crippen LogP contribution >= 0.6 is 0 Å². The smallest absolute Gasteiger partial charge is 0.317 e. The molecule has 176 valence electrons. The largest absolute Gasteiger partial charge is 0.491 e. The molecule has 4 rings (SSSR count). The van der Waals surface area contributed by atoms with E-state index in [1.165, 1.54) is 5.56 Å². The van der Waals surface area contributed by atoms with Crippen molar-refractivity contribution in [2.45, 2.75) is 33.4 Å². The lowest BCUT2D eigenvalue weighted by Gasteiger charge is -2.23. The lowest BCUT2D eigenvalue weighted by atomic mass is 10.1. The molecule has 6 heteroatoms. The number of rotatable bonds is 6. The van der Waals surface area contributed by atoms with Crippen LogP contribution in [0, 0.1) is 6.92 Å². The molecule has 1 N–H and O–H groups in total. The van der Waals surface area contributed by atoms with E-state index in [0.29, 0.717) is 32.8 Å². The number of amides is 3. The molecular weight excluding hydrogens is 426 g/mol. The van der Waals surface area contributed by atoms with Crippen LogP contribution in [0.3, 0.4) is 0 Å². The Morgan fingerprint density at radius 1 is 1.00 bits per heavy atom. The normalized spacial score (nSPS) is 12.8. The van der Waals surface area contributed by atoms with E-state index in [2.05, 4.69) is 17.4 Å². The van der Waals surface area contributed by atoms with Crippen molar-refractivity contribution in [3.8, 4) is 5.75 Å². The third-order valence-electron chi connectivity index (χ3n) is 5.99. The van der Waals surface area contributed by atoms with Crippen LogP contribution in [-0.2, 0) is 24.3 Å². The van der Waals surface area contributed by atoms with Crippen molar-refractivity contribution < 1.29 is 14.3 Å². The quantitative estimate of drug-likeness (QED) is 0.584. The van der Waals surface area contributed by atoms with Crippen LogP contribution < -0.4 is 15.0 Å². The second-order valence-electron chi connectivity index (χ2n) is 8.62. The van der Waals surface area contributed by atoms with Gasteiger partial charge in [0.15, 0.2) is 0 Å². The van der Waals surface area contributed by atoms with Crippen LogP contribution in [-0.4, -0.2) is 36.5 Å². The Morgan fingerprint density at radius 2 is 1.76 bits per heavy atom. The Morgan fingerprint density at radius 3 is 2.50 bits per heavy atom. The van der Waals surface area contributed by atoms with E-state index in [-0.39, 0.29) is 11.9 Å². The highest BCUT2D eigenvalue weighted by molar-refractivity contribution is 5.91. The number of ether oxygens (including phenoxy) is 1. The maximum atomic E-state index is 12.8. The first kappa shape index (κ1) is 23.4. The summed E-state index contributed by atoms with van der Waals surface area (Å²) in [6.45, 7) is 6.06. The number of nitrogens with zero attached hydrogens (tertiary/aromatic N) is 2. The van der Waals surface area contributed by atoms with E-state index in [1.54, 1.807) is 16.7 Å². The lowest BCUT2D eigenvalue weighted by molar-refractivity contribution is -0.116. The minimum absolute atomic E-state index is 0.0190. The van der Waals surface area contributed by atoms with Crippen LogP contribution in [0.15, 0.2) is 72.8 Å². The number of nitrogens with one attached hydrogen (secondary N) is 1. The molecule has 0 bridgehead atoms. The first-order chi connectivity index (χ1) is 16.5. The summed E-state index contributed by atoms with van der Waals surface area (Å²) in [6.07, 6.45) is 0.789. The number of carbonyl (C=O) groups excluding carboxylic acids is 2. The van der Waals surface area contributed by atoms with Crippen molar-refractivity contribution in [1.29, 1.82) is 0 Å². The zero-order valence-corrected chi connectivity index (χ0v) is 19.8. The lowest BCUT2D eigenvalue weighted by Crippen LogP contribution is -2.41. The van der Waals surface area contributed by atoms with Crippen molar-refractivity contribution >= 4 is 17.6 Å². The second kappa shape index (κ2) is 10.9. The van der Waals surface area contributed by atoms with E-state index >= 15 is 0 Å². The maximum Gasteiger partial charge on any atom is 0.317 e. The Bertz CT molecular complexity index is 1130. The Hall–Kier alpha value is -3.80. The number of carbonyl (C=O) groups is 2. The Balaban J connectivity index is 1.43. The molecule has 0 fully saturated rings. The number of fused-ring (bicyclic) bond motifs is 1. The number of anilines is 1. The first-order valence-corrected chi connectivity index (χ1v) is 11.7. The standard InChI is InChI=1S/C28H31N3O3/c1-21-8-11-26(12-9-21)31(22(2)32)19-24-10-13-27-25(18-24)20-30(16-17-34-27)28(33)29-15-14-23-6-4-3-5-7-23/h3-13,18H,14-17,19-20H2,1-2H3,(H,29,33). The molecule has 0 radical (unpaired) electrons. The zero-order chi connectivity index (χ0) is 23.9. The first-order valence-electron chi connectivity index (χ1n) is 11.7. The third-order valence-corrected chi connectivity index (χ3v) is 5.99. The van der Waals surface area contributed by atoms with Gasteiger partial charge in [0.05, 0.1) is 19.6 Å². The van der Waals surface area contributed by atoms with Crippen molar-refractivity contribution in [2.75, 3.05) is 24.6 Å². The molecule has 3 aromatic carbocycles. The van der Waals surface area contributed by atoms with Crippen molar-refractivity contribution in [1.82, 2.24) is 10.2 Å². The molecule has 0 aromatic heterocycles. The van der Waals surface area contributed by atoms with Crippen LogP contribution in [0.25, 0.3) is 0 Å². The van der Waals surface area contributed by atoms with Gasteiger partial charge in [-0.1, -0.05) is 54.1 Å². The summed E-state index contributed by atoms with van der Waals surface area (Å²) in [7, 11) is 0. The molecule has 6 nitrogen and oxygen atoms in total. The molecule has 1 aliphatic heterocycles. The fourth-order valence-electron chi connectivity index (χ4n) is 4.08. The molecule has 3 amide bonds. The minimum Gasteiger partial charge on any atom is -0.491 e. The molecule has 1 heterocycles. The number of hydrogen-bond donors (Lipinski definition) is 1. The molecule has 0 spiro atoms. The van der Waals surface area contributed by atoms with Crippen LogP contribution in [0.4, 0.5) is 10.5 Å². The Labute approximate surface area is 201 Å². The molecule has 0 saturated carbocycles. The number of hydrogen-bond acceptors (Lipinski definition) is 3. The van der Waals surface area contributed by atoms with Gasteiger partial charge >= 0.3 is 6.03 Å². The summed E-state index contributed by atoms with van der Waals surface area (Å²) in [6, 6.07) is 23.9. The van der Waals surface area contributed by atoms with E-state index in [9.17, 15) is 9.59 Å². The van der Waals surface area contributed by atoms with Gasteiger partial charge in [0.1, 0.15) is 12.4 Å². The molecule has 0 unspecified atom stereocenters. The number of urea groups is 1. The third kappa shape index (κ3) is 5.95. The molecule has 34 heavy (non-hydrogen) atoms. The highest BCUT2D eigenvalue weighted by Gasteiger charge is 2.21. The average molecular weight is 458 g/mol. The highest BCUT2D eigenvalue weighted by Crippen LogP contribution is 2.26. The molecule has 0 aliphatic carbocycles. The summed E-state index contributed by atoms with van der Waals surface area (Å²) in [5, 5.41) is 3.03. The second-order valence-corrected chi connectivity index (χ2v) is 8.62. The van der Waals surface area contributed by atoms with Gasteiger partial charge in [-0.2, -0.15) is 0 Å². The maximum absolute atomic E-state index is 12.8. The van der Waals surface area contributed by atoms with Gasteiger partial charge in [0.25, 0.3) is 0 Å². The van der Waals surface area contributed by atoms with Crippen molar-refractivity contribution in [3.63, 3.8) is 0 Å². The molecular formula is C28H31N3O3. The van der Waals surface area contributed by atoms with E-state index < -0.39 is 0 Å². The highest BCUT2D eigenvalue weighted by atomic mass is 16.5. The van der Waals surface area contributed by atoms with Gasteiger partial charge in [-0.15, -0.1) is 0 Å². The molecule has 3 aromatic rings. The average Bonchev–Trinajstić information content (AvgIpc) is 3.06. The predicted octanol–water partition coefficient (Wildman–Crippen LogP) is 4.69. The van der Waals surface area contributed by atoms with E-state index in [1.807, 2.05) is 67.6 Å². The number of aryl methyl sites for hydroxylation is 1. The van der Waals surface area contributed by atoms with Crippen LogP contribution in [0.1, 0.15) is 29.2 Å². The topological polar surface area (TPSA) is 61.9 Å².